The van der Waals surface area contributed by atoms with E-state index in [0.29, 0.717) is 20.4 Å². The molecular formula is C35H34BrClF3N3O4S. The first-order valence-corrected chi connectivity index (χ1v) is 17.5. The zero-order chi connectivity index (χ0) is 35.2. The van der Waals surface area contributed by atoms with Crippen molar-refractivity contribution in [2.24, 2.45) is 0 Å². The van der Waals surface area contributed by atoms with E-state index in [1.165, 1.54) is 17.0 Å². The van der Waals surface area contributed by atoms with Crippen molar-refractivity contribution in [2.75, 3.05) is 10.8 Å². The first-order chi connectivity index (χ1) is 22.6. The summed E-state index contributed by atoms with van der Waals surface area (Å²) >= 11 is 9.30. The maximum absolute atomic E-state index is 14.5. The van der Waals surface area contributed by atoms with Crippen LogP contribution in [0.4, 0.5) is 18.9 Å². The minimum absolute atomic E-state index is 0.0863. The summed E-state index contributed by atoms with van der Waals surface area (Å²) in [6, 6.07) is 23.0. The number of carbonyl (C=O) groups is 2. The highest BCUT2D eigenvalue weighted by Gasteiger charge is 2.37. The van der Waals surface area contributed by atoms with Crippen LogP contribution in [0, 0.1) is 6.92 Å². The van der Waals surface area contributed by atoms with E-state index >= 15 is 0 Å². The first-order valence-electron chi connectivity index (χ1n) is 14.9. The highest BCUT2D eigenvalue weighted by molar-refractivity contribution is 9.10. The number of rotatable bonds is 12. The Morgan fingerprint density at radius 1 is 0.896 bits per heavy atom. The van der Waals surface area contributed by atoms with Gasteiger partial charge in [0.1, 0.15) is 12.6 Å². The molecule has 0 aliphatic carbocycles. The second-order valence-corrected chi connectivity index (χ2v) is 14.7. The molecule has 13 heteroatoms. The van der Waals surface area contributed by atoms with Crippen molar-refractivity contribution in [3.8, 4) is 0 Å². The highest BCUT2D eigenvalue weighted by Crippen LogP contribution is 2.38. The van der Waals surface area contributed by atoms with Crippen LogP contribution in [0.5, 0.6) is 0 Å². The van der Waals surface area contributed by atoms with Crippen molar-refractivity contribution in [3.63, 3.8) is 0 Å². The second kappa shape index (κ2) is 15.6. The van der Waals surface area contributed by atoms with Crippen molar-refractivity contribution < 1.29 is 31.2 Å². The number of carbonyl (C=O) groups excluding carboxylic acids is 2. The molecule has 254 valence electrons. The van der Waals surface area contributed by atoms with Crippen LogP contribution in [0.1, 0.15) is 36.1 Å². The Morgan fingerprint density at radius 2 is 1.54 bits per heavy atom. The predicted octanol–water partition coefficient (Wildman–Crippen LogP) is 7.79. The Balaban J connectivity index is 1.87. The Hall–Kier alpha value is -3.87. The summed E-state index contributed by atoms with van der Waals surface area (Å²) in [5.41, 5.74) is 0.441. The monoisotopic (exact) mass is 763 g/mol. The van der Waals surface area contributed by atoms with Crippen molar-refractivity contribution in [1.29, 1.82) is 0 Å². The number of hydrogen-bond acceptors (Lipinski definition) is 4. The molecule has 0 aliphatic rings. The van der Waals surface area contributed by atoms with E-state index < -0.39 is 56.9 Å². The Morgan fingerprint density at radius 3 is 2.15 bits per heavy atom. The zero-order valence-corrected chi connectivity index (χ0v) is 29.5. The molecule has 0 heterocycles. The topological polar surface area (TPSA) is 86.8 Å². The normalized spacial score (nSPS) is 12.4. The van der Waals surface area contributed by atoms with E-state index in [-0.39, 0.29) is 23.9 Å². The molecule has 4 aromatic rings. The van der Waals surface area contributed by atoms with E-state index in [9.17, 15) is 31.2 Å². The van der Waals surface area contributed by atoms with Gasteiger partial charge in [-0.15, -0.1) is 0 Å². The lowest BCUT2D eigenvalue weighted by atomic mass is 10.0. The van der Waals surface area contributed by atoms with Gasteiger partial charge in [0.2, 0.25) is 11.8 Å². The smallest absolute Gasteiger partial charge is 0.352 e. The van der Waals surface area contributed by atoms with Crippen molar-refractivity contribution >= 4 is 55.1 Å². The fourth-order valence-electron chi connectivity index (χ4n) is 5.02. The summed E-state index contributed by atoms with van der Waals surface area (Å²) < 4.78 is 71.5. The summed E-state index contributed by atoms with van der Waals surface area (Å²) in [5.74, 6) is -1.29. The molecule has 0 saturated heterocycles. The van der Waals surface area contributed by atoms with Crippen molar-refractivity contribution in [1.82, 2.24) is 10.2 Å². The van der Waals surface area contributed by atoms with Crippen LogP contribution in [0.25, 0.3) is 0 Å². The van der Waals surface area contributed by atoms with Gasteiger partial charge in [0, 0.05) is 23.5 Å². The van der Waals surface area contributed by atoms with E-state index in [1.54, 1.807) is 81.4 Å². The Labute approximate surface area is 291 Å². The minimum Gasteiger partial charge on any atom is -0.352 e. The molecule has 2 amide bonds. The van der Waals surface area contributed by atoms with Gasteiger partial charge in [-0.05, 0) is 74.4 Å². The second-order valence-electron chi connectivity index (χ2n) is 11.5. The van der Waals surface area contributed by atoms with Crippen molar-refractivity contribution in [2.45, 2.75) is 56.9 Å². The van der Waals surface area contributed by atoms with Crippen LogP contribution in [-0.4, -0.2) is 43.8 Å². The summed E-state index contributed by atoms with van der Waals surface area (Å²) in [5, 5.41) is 2.23. The average molecular weight is 765 g/mol. The van der Waals surface area contributed by atoms with Gasteiger partial charge in [-0.3, -0.25) is 13.9 Å². The van der Waals surface area contributed by atoms with Crippen LogP contribution >= 0.6 is 27.5 Å². The lowest BCUT2D eigenvalue weighted by molar-refractivity contribution is -0.140. The molecule has 0 fully saturated rings. The number of nitrogens with one attached hydrogen (secondary N) is 1. The van der Waals surface area contributed by atoms with Gasteiger partial charge in [0.25, 0.3) is 10.0 Å². The Bertz CT molecular complexity index is 1860. The van der Waals surface area contributed by atoms with E-state index in [1.807, 2.05) is 6.07 Å². The summed E-state index contributed by atoms with van der Waals surface area (Å²) in [7, 11) is -4.61. The number of nitrogens with zero attached hydrogens (tertiary/aromatic N) is 2. The molecule has 4 aromatic carbocycles. The number of sulfonamides is 1. The molecule has 7 nitrogen and oxygen atoms in total. The maximum Gasteiger partial charge on any atom is 0.417 e. The lowest BCUT2D eigenvalue weighted by Crippen LogP contribution is -2.54. The van der Waals surface area contributed by atoms with E-state index in [4.69, 9.17) is 11.6 Å². The lowest BCUT2D eigenvalue weighted by Gasteiger charge is -2.34. The van der Waals surface area contributed by atoms with Gasteiger partial charge >= 0.3 is 6.18 Å². The van der Waals surface area contributed by atoms with Gasteiger partial charge in [0.05, 0.1) is 21.2 Å². The van der Waals surface area contributed by atoms with Crippen LogP contribution in [0.2, 0.25) is 5.02 Å². The standard InChI is InChI=1S/C35H34BrClF3N3O4S/c1-23(2)41-34(45)32(19-25-8-5-4-6-9-25)42(21-26-10-7-11-27(36)18-26)33(44)22-43(48(46,47)29-15-12-24(3)13-16-29)28-14-17-31(37)30(20-28)35(38,39)40/h4-18,20,23,32H,19,21-22H2,1-3H3,(H,41,45)/t32-/m0/s1. The minimum atomic E-state index is -4.90. The maximum atomic E-state index is 14.5. The molecule has 4 rings (SSSR count). The third-order valence-electron chi connectivity index (χ3n) is 7.38. The number of anilines is 1. The van der Waals surface area contributed by atoms with Crippen molar-refractivity contribution in [3.05, 3.63) is 129 Å². The summed E-state index contributed by atoms with van der Waals surface area (Å²) in [6.45, 7) is 4.28. The molecule has 0 aliphatic heterocycles. The molecule has 0 aromatic heterocycles. The van der Waals surface area contributed by atoms with Gasteiger partial charge in [-0.25, -0.2) is 8.42 Å². The number of hydrogen-bond donors (Lipinski definition) is 1. The zero-order valence-electron chi connectivity index (χ0n) is 26.3. The van der Waals surface area contributed by atoms with Gasteiger partial charge in [-0.1, -0.05) is 87.7 Å². The van der Waals surface area contributed by atoms with Gasteiger partial charge in [-0.2, -0.15) is 13.2 Å². The van der Waals surface area contributed by atoms with Crippen LogP contribution in [-0.2, 0) is 38.8 Å². The summed E-state index contributed by atoms with van der Waals surface area (Å²) in [4.78, 5) is 29.3. The fourth-order valence-corrected chi connectivity index (χ4v) is 7.10. The third kappa shape index (κ3) is 9.39. The van der Waals surface area contributed by atoms with Gasteiger partial charge in [0.15, 0.2) is 0 Å². The number of amides is 2. The van der Waals surface area contributed by atoms with E-state index in [0.717, 1.165) is 23.3 Å². The SMILES string of the molecule is Cc1ccc(S(=O)(=O)N(CC(=O)N(Cc2cccc(Br)c2)[C@@H](Cc2ccccc2)C(=O)NC(C)C)c2ccc(Cl)c(C(F)(F)F)c2)cc1. The molecule has 0 spiro atoms. The fraction of sp³-hybridized carbons (Fsp3) is 0.257. The highest BCUT2D eigenvalue weighted by atomic mass is 79.9. The number of benzene rings is 4. The van der Waals surface area contributed by atoms with Crippen LogP contribution in [0.3, 0.4) is 0 Å². The molecular weight excluding hydrogens is 731 g/mol. The number of aryl methyl sites for hydroxylation is 1. The first kappa shape index (κ1) is 37.0. The largest absolute Gasteiger partial charge is 0.417 e. The predicted molar refractivity (Wildman–Crippen MR) is 184 cm³/mol. The molecule has 1 N–H and O–H groups in total. The average Bonchev–Trinajstić information content (AvgIpc) is 3.01. The Kier molecular flexibility index (Phi) is 12.0. The van der Waals surface area contributed by atoms with E-state index in [2.05, 4.69) is 21.2 Å². The van der Waals surface area contributed by atoms with Crippen LogP contribution < -0.4 is 9.62 Å². The van der Waals surface area contributed by atoms with Crippen LogP contribution in [0.15, 0.2) is 106 Å². The molecule has 0 saturated carbocycles. The molecule has 1 atom stereocenters. The molecule has 0 unspecified atom stereocenters. The number of halogens is 5. The summed E-state index contributed by atoms with van der Waals surface area (Å²) in [6.07, 6.45) is -4.82. The molecule has 0 bridgehead atoms. The molecule has 0 radical (unpaired) electrons. The quantitative estimate of drug-likeness (QED) is 0.160. The number of alkyl halides is 3. The third-order valence-corrected chi connectivity index (χ3v) is 9.99. The van der Waals surface area contributed by atoms with Gasteiger partial charge < -0.3 is 10.2 Å². The molecule has 48 heavy (non-hydrogen) atoms.